The molecule has 0 aliphatic heterocycles. The fourth-order valence-corrected chi connectivity index (χ4v) is 0.516. The first-order chi connectivity index (χ1) is 4.16. The molecule has 0 aromatic heterocycles. The molecule has 1 N–H and O–H groups in total. The smallest absolute Gasteiger partial charge is 1.00 e. The van der Waals surface area contributed by atoms with E-state index >= 15 is 0 Å². The van der Waals surface area contributed by atoms with Crippen LogP contribution in [0.5, 0.6) is 0 Å². The molecule has 0 aromatic rings. The van der Waals surface area contributed by atoms with Crippen molar-refractivity contribution >= 4 is 5.97 Å². The molecule has 0 saturated carbocycles. The standard InChI is InChI=1S/C6H11NO2.Na.H/c1-3-4-7(2)5-6(8)9;;/h3H,1,4-5H2,2H3,(H,8,9);;/q;+1;-1. The second-order valence-corrected chi connectivity index (χ2v) is 1.88. The quantitative estimate of drug-likeness (QED) is 0.353. The van der Waals surface area contributed by atoms with Crippen molar-refractivity contribution in [1.82, 2.24) is 4.90 Å². The summed E-state index contributed by atoms with van der Waals surface area (Å²) in [5.41, 5.74) is 0. The van der Waals surface area contributed by atoms with Crippen LogP contribution in [-0.4, -0.2) is 36.1 Å². The molecule has 0 unspecified atom stereocenters. The van der Waals surface area contributed by atoms with Gasteiger partial charge in [0.25, 0.3) is 0 Å². The summed E-state index contributed by atoms with van der Waals surface area (Å²) >= 11 is 0. The molecule has 0 aliphatic rings. The Morgan fingerprint density at radius 1 is 1.90 bits per heavy atom. The second kappa shape index (κ2) is 7.28. The van der Waals surface area contributed by atoms with Gasteiger partial charge >= 0.3 is 35.5 Å². The molecule has 0 bridgehead atoms. The second-order valence-electron chi connectivity index (χ2n) is 1.88. The number of carbonyl (C=O) groups is 1. The van der Waals surface area contributed by atoms with E-state index in [0.717, 1.165) is 0 Å². The van der Waals surface area contributed by atoms with E-state index in [0.29, 0.717) is 6.54 Å². The Labute approximate surface area is 84.5 Å². The van der Waals surface area contributed by atoms with Crippen molar-refractivity contribution in [2.45, 2.75) is 0 Å². The van der Waals surface area contributed by atoms with Crippen LogP contribution in [0.4, 0.5) is 0 Å². The summed E-state index contributed by atoms with van der Waals surface area (Å²) in [4.78, 5) is 11.7. The fourth-order valence-electron chi connectivity index (χ4n) is 0.516. The minimum absolute atomic E-state index is 0. The van der Waals surface area contributed by atoms with Crippen molar-refractivity contribution in [2.24, 2.45) is 0 Å². The molecular formula is C6H12NNaO2. The van der Waals surface area contributed by atoms with Gasteiger partial charge < -0.3 is 6.53 Å². The zero-order valence-electron chi connectivity index (χ0n) is 7.50. The molecule has 0 rings (SSSR count). The molecule has 0 aliphatic carbocycles. The van der Waals surface area contributed by atoms with Crippen LogP contribution in [0.15, 0.2) is 12.7 Å². The van der Waals surface area contributed by atoms with E-state index < -0.39 is 5.97 Å². The molecule has 0 fully saturated rings. The fraction of sp³-hybridized carbons (Fsp3) is 0.500. The minimum atomic E-state index is -0.806. The third kappa shape index (κ3) is 8.17. The van der Waals surface area contributed by atoms with E-state index in [2.05, 4.69) is 6.58 Å². The van der Waals surface area contributed by atoms with Gasteiger partial charge in [-0.1, -0.05) is 6.08 Å². The molecule has 0 radical (unpaired) electrons. The topological polar surface area (TPSA) is 40.5 Å². The zero-order valence-corrected chi connectivity index (χ0v) is 8.50. The van der Waals surface area contributed by atoms with Crippen molar-refractivity contribution in [3.05, 3.63) is 12.7 Å². The maximum atomic E-state index is 10.0. The molecule has 0 aromatic carbocycles. The summed E-state index contributed by atoms with van der Waals surface area (Å²) in [6.45, 7) is 4.17. The SMILES string of the molecule is C=CCN(C)CC(=O)O.[H-].[Na+]. The first kappa shape index (κ1) is 12.8. The van der Waals surface area contributed by atoms with Gasteiger partial charge in [-0.05, 0) is 7.05 Å². The van der Waals surface area contributed by atoms with Crippen molar-refractivity contribution in [2.75, 3.05) is 20.1 Å². The molecule has 0 atom stereocenters. The normalized spacial score (nSPS) is 8.60. The van der Waals surface area contributed by atoms with Gasteiger partial charge in [-0.15, -0.1) is 6.58 Å². The molecule has 3 nitrogen and oxygen atoms in total. The van der Waals surface area contributed by atoms with E-state index in [9.17, 15) is 4.79 Å². The summed E-state index contributed by atoms with van der Waals surface area (Å²) < 4.78 is 0. The number of carboxylic acids is 1. The van der Waals surface area contributed by atoms with Crippen LogP contribution in [0, 0.1) is 0 Å². The van der Waals surface area contributed by atoms with E-state index in [1.165, 1.54) is 0 Å². The number of hydrogen-bond donors (Lipinski definition) is 1. The van der Waals surface area contributed by atoms with Crippen LogP contribution >= 0.6 is 0 Å². The average molecular weight is 153 g/mol. The Bertz CT molecular complexity index is 121. The van der Waals surface area contributed by atoms with Crippen LogP contribution in [0.2, 0.25) is 0 Å². The first-order valence-corrected chi connectivity index (χ1v) is 2.68. The maximum Gasteiger partial charge on any atom is 1.00 e. The van der Waals surface area contributed by atoms with Crippen LogP contribution in [-0.2, 0) is 4.79 Å². The van der Waals surface area contributed by atoms with Crippen LogP contribution in [0.3, 0.4) is 0 Å². The van der Waals surface area contributed by atoms with Crippen LogP contribution in [0.1, 0.15) is 1.43 Å². The molecule has 4 heteroatoms. The Morgan fingerprint density at radius 3 is 2.70 bits per heavy atom. The van der Waals surface area contributed by atoms with E-state index in [4.69, 9.17) is 5.11 Å². The summed E-state index contributed by atoms with van der Waals surface area (Å²) in [5, 5.41) is 8.23. The van der Waals surface area contributed by atoms with Gasteiger partial charge in [-0.25, -0.2) is 0 Å². The van der Waals surface area contributed by atoms with Gasteiger partial charge in [0.05, 0.1) is 6.54 Å². The predicted octanol–water partition coefficient (Wildman–Crippen LogP) is -2.69. The predicted molar refractivity (Wildman–Crippen MR) is 36.4 cm³/mol. The summed E-state index contributed by atoms with van der Waals surface area (Å²) in [6.07, 6.45) is 1.67. The van der Waals surface area contributed by atoms with Crippen molar-refractivity contribution in [3.63, 3.8) is 0 Å². The average Bonchev–Trinajstić information content (AvgIpc) is 1.63. The largest absolute Gasteiger partial charge is 1.00 e. The molecule has 54 valence electrons. The molecule has 10 heavy (non-hydrogen) atoms. The van der Waals surface area contributed by atoms with Crippen molar-refractivity contribution < 1.29 is 40.9 Å². The van der Waals surface area contributed by atoms with Gasteiger partial charge in [-0.3, -0.25) is 9.69 Å². The number of nitrogens with zero attached hydrogens (tertiary/aromatic N) is 1. The van der Waals surface area contributed by atoms with Gasteiger partial charge in [0.15, 0.2) is 0 Å². The van der Waals surface area contributed by atoms with E-state index in [1.54, 1.807) is 18.0 Å². The number of rotatable bonds is 4. The zero-order chi connectivity index (χ0) is 7.28. The number of carboxylic acid groups (broad SMARTS) is 1. The van der Waals surface area contributed by atoms with Crippen molar-refractivity contribution in [3.8, 4) is 0 Å². The van der Waals surface area contributed by atoms with Gasteiger partial charge in [-0.2, -0.15) is 0 Å². The maximum absolute atomic E-state index is 10.0. The van der Waals surface area contributed by atoms with Crippen LogP contribution < -0.4 is 29.6 Å². The summed E-state index contributed by atoms with van der Waals surface area (Å²) in [6, 6.07) is 0. The molecule has 0 spiro atoms. The number of aliphatic carboxylic acids is 1. The van der Waals surface area contributed by atoms with Gasteiger partial charge in [0.1, 0.15) is 0 Å². The van der Waals surface area contributed by atoms with E-state index in [-0.39, 0.29) is 37.5 Å². The first-order valence-electron chi connectivity index (χ1n) is 2.68. The Morgan fingerprint density at radius 2 is 2.40 bits per heavy atom. The van der Waals surface area contributed by atoms with Gasteiger partial charge in [0.2, 0.25) is 0 Å². The monoisotopic (exact) mass is 153 g/mol. The summed E-state index contributed by atoms with van der Waals surface area (Å²) in [5.74, 6) is -0.806. The molecular weight excluding hydrogens is 141 g/mol. The molecule has 0 heterocycles. The third-order valence-electron chi connectivity index (χ3n) is 0.846. The number of hydrogen-bond acceptors (Lipinski definition) is 2. The summed E-state index contributed by atoms with van der Waals surface area (Å²) in [7, 11) is 1.73. The van der Waals surface area contributed by atoms with Gasteiger partial charge in [0, 0.05) is 6.54 Å². The Hall–Kier alpha value is 0.170. The Balaban J connectivity index is -0.000000320. The van der Waals surface area contributed by atoms with Crippen LogP contribution in [0.25, 0.3) is 0 Å². The third-order valence-corrected chi connectivity index (χ3v) is 0.846. The van der Waals surface area contributed by atoms with E-state index in [1.807, 2.05) is 0 Å². The number of likely N-dealkylation sites (N-methyl/N-ethyl adjacent to an activating group) is 1. The molecule has 0 saturated heterocycles. The van der Waals surface area contributed by atoms with Crippen molar-refractivity contribution in [1.29, 1.82) is 0 Å². The minimum Gasteiger partial charge on any atom is -1.00 e. The Kier molecular flexibility index (Phi) is 9.33. The molecule has 0 amide bonds.